The first-order valence-electron chi connectivity index (χ1n) is 8.63. The predicted molar refractivity (Wildman–Crippen MR) is 87.4 cm³/mol. The molecule has 1 saturated carbocycles. The first-order valence-corrected chi connectivity index (χ1v) is 8.63. The number of aliphatic hydroxyl groups is 1. The molecule has 1 nitrogen and oxygen atoms in total. The van der Waals surface area contributed by atoms with Crippen LogP contribution in [0.5, 0.6) is 0 Å². The fraction of sp³-hybridized carbons (Fsp3) is 0.895. The molecule has 4 atom stereocenters. The fourth-order valence-corrected chi connectivity index (χ4v) is 3.40. The standard InChI is InChI=1S/C19H34O/c1-5-7-17-11-13-18(19(20)14-17)12-10-16(4)9-6-8-15(2)3/h15-20H,6,8-14H2,1-4H3. The molecule has 116 valence electrons. The van der Waals surface area contributed by atoms with Gasteiger partial charge in [-0.3, -0.25) is 0 Å². The molecule has 0 bridgehead atoms. The van der Waals surface area contributed by atoms with Gasteiger partial charge in [0, 0.05) is 5.92 Å². The summed E-state index contributed by atoms with van der Waals surface area (Å²) in [5, 5.41) is 10.3. The number of rotatable bonds is 7. The molecule has 0 spiro atoms. The lowest BCUT2D eigenvalue weighted by Gasteiger charge is -2.31. The van der Waals surface area contributed by atoms with E-state index in [2.05, 4.69) is 32.6 Å². The molecule has 0 heterocycles. The van der Waals surface area contributed by atoms with E-state index >= 15 is 0 Å². The Bertz CT molecular complexity index is 309. The highest BCUT2D eigenvalue weighted by molar-refractivity contribution is 5.03. The Morgan fingerprint density at radius 1 is 1.10 bits per heavy atom. The summed E-state index contributed by atoms with van der Waals surface area (Å²) in [6.45, 7) is 8.88. The summed E-state index contributed by atoms with van der Waals surface area (Å²) in [5.74, 6) is 8.83. The van der Waals surface area contributed by atoms with E-state index in [0.29, 0.717) is 11.8 Å². The van der Waals surface area contributed by atoms with E-state index in [1.807, 2.05) is 6.92 Å². The largest absolute Gasteiger partial charge is 0.393 e. The van der Waals surface area contributed by atoms with Crippen LogP contribution in [0.2, 0.25) is 0 Å². The smallest absolute Gasteiger partial charge is 0.0580 e. The van der Waals surface area contributed by atoms with Crippen molar-refractivity contribution in [3.8, 4) is 11.8 Å². The zero-order valence-corrected chi connectivity index (χ0v) is 14.0. The van der Waals surface area contributed by atoms with Gasteiger partial charge in [-0.2, -0.15) is 0 Å². The zero-order chi connectivity index (χ0) is 15.0. The van der Waals surface area contributed by atoms with Gasteiger partial charge in [-0.25, -0.2) is 0 Å². The molecular formula is C19H34O. The Morgan fingerprint density at radius 3 is 2.45 bits per heavy atom. The highest BCUT2D eigenvalue weighted by Crippen LogP contribution is 2.33. The van der Waals surface area contributed by atoms with Crippen molar-refractivity contribution in [1.29, 1.82) is 0 Å². The third-order valence-electron chi connectivity index (χ3n) is 4.81. The predicted octanol–water partition coefficient (Wildman–Crippen LogP) is 5.03. The van der Waals surface area contributed by atoms with E-state index in [0.717, 1.165) is 18.3 Å². The molecule has 1 fully saturated rings. The van der Waals surface area contributed by atoms with Gasteiger partial charge in [0.15, 0.2) is 0 Å². The molecule has 0 saturated heterocycles. The van der Waals surface area contributed by atoms with E-state index in [-0.39, 0.29) is 6.10 Å². The Labute approximate surface area is 126 Å². The number of hydrogen-bond donors (Lipinski definition) is 1. The quantitative estimate of drug-likeness (QED) is 0.648. The monoisotopic (exact) mass is 278 g/mol. The Balaban J connectivity index is 2.19. The van der Waals surface area contributed by atoms with E-state index in [4.69, 9.17) is 0 Å². The topological polar surface area (TPSA) is 20.2 Å². The summed E-state index contributed by atoms with van der Waals surface area (Å²) >= 11 is 0. The molecule has 0 aromatic carbocycles. The summed E-state index contributed by atoms with van der Waals surface area (Å²) in [7, 11) is 0. The number of hydrogen-bond acceptors (Lipinski definition) is 1. The third kappa shape index (κ3) is 6.80. The Morgan fingerprint density at radius 2 is 1.85 bits per heavy atom. The highest BCUT2D eigenvalue weighted by Gasteiger charge is 2.28. The normalized spacial score (nSPS) is 28.0. The van der Waals surface area contributed by atoms with Crippen LogP contribution in [-0.4, -0.2) is 11.2 Å². The molecule has 20 heavy (non-hydrogen) atoms. The van der Waals surface area contributed by atoms with Gasteiger partial charge >= 0.3 is 0 Å². The van der Waals surface area contributed by atoms with Crippen LogP contribution in [0.25, 0.3) is 0 Å². The maximum absolute atomic E-state index is 10.3. The van der Waals surface area contributed by atoms with Crippen molar-refractivity contribution in [2.45, 2.75) is 85.2 Å². The summed E-state index contributed by atoms with van der Waals surface area (Å²) in [6.07, 6.45) is 9.69. The minimum atomic E-state index is -0.113. The lowest BCUT2D eigenvalue weighted by molar-refractivity contribution is 0.0490. The van der Waals surface area contributed by atoms with Crippen molar-refractivity contribution in [2.24, 2.45) is 23.7 Å². The van der Waals surface area contributed by atoms with Crippen LogP contribution in [0.3, 0.4) is 0 Å². The lowest BCUT2D eigenvalue weighted by Crippen LogP contribution is -2.29. The van der Waals surface area contributed by atoms with Crippen molar-refractivity contribution < 1.29 is 5.11 Å². The lowest BCUT2D eigenvalue weighted by atomic mass is 9.77. The van der Waals surface area contributed by atoms with E-state index in [1.54, 1.807) is 0 Å². The van der Waals surface area contributed by atoms with Crippen molar-refractivity contribution >= 4 is 0 Å². The van der Waals surface area contributed by atoms with Crippen LogP contribution in [0, 0.1) is 35.5 Å². The van der Waals surface area contributed by atoms with Crippen molar-refractivity contribution in [2.75, 3.05) is 0 Å². The van der Waals surface area contributed by atoms with Crippen LogP contribution in [-0.2, 0) is 0 Å². The van der Waals surface area contributed by atoms with Gasteiger partial charge in [0.2, 0.25) is 0 Å². The van der Waals surface area contributed by atoms with Crippen molar-refractivity contribution in [3.05, 3.63) is 0 Å². The maximum Gasteiger partial charge on any atom is 0.0580 e. The molecule has 0 aliphatic heterocycles. The van der Waals surface area contributed by atoms with E-state index in [9.17, 15) is 5.11 Å². The first-order chi connectivity index (χ1) is 9.52. The molecule has 1 N–H and O–H groups in total. The molecule has 0 amide bonds. The third-order valence-corrected chi connectivity index (χ3v) is 4.81. The highest BCUT2D eigenvalue weighted by atomic mass is 16.3. The van der Waals surface area contributed by atoms with Crippen molar-refractivity contribution in [1.82, 2.24) is 0 Å². The number of aliphatic hydroxyl groups excluding tert-OH is 1. The Hall–Kier alpha value is -0.480. The second-order valence-electron chi connectivity index (χ2n) is 7.24. The molecule has 1 rings (SSSR count). The molecule has 1 heteroatoms. The van der Waals surface area contributed by atoms with Gasteiger partial charge in [0.1, 0.15) is 0 Å². The zero-order valence-electron chi connectivity index (χ0n) is 14.0. The summed E-state index contributed by atoms with van der Waals surface area (Å²) in [5.41, 5.74) is 0. The van der Waals surface area contributed by atoms with Gasteiger partial charge in [-0.05, 0) is 50.4 Å². The van der Waals surface area contributed by atoms with Gasteiger partial charge in [-0.1, -0.05) is 46.5 Å². The van der Waals surface area contributed by atoms with Crippen LogP contribution < -0.4 is 0 Å². The van der Waals surface area contributed by atoms with Gasteiger partial charge in [-0.15, -0.1) is 11.8 Å². The molecular weight excluding hydrogens is 244 g/mol. The van der Waals surface area contributed by atoms with Crippen LogP contribution in [0.4, 0.5) is 0 Å². The summed E-state index contributed by atoms with van der Waals surface area (Å²) in [6, 6.07) is 0. The van der Waals surface area contributed by atoms with Crippen LogP contribution in [0.1, 0.15) is 79.1 Å². The molecule has 0 aromatic heterocycles. The average molecular weight is 278 g/mol. The van der Waals surface area contributed by atoms with Crippen LogP contribution in [0.15, 0.2) is 0 Å². The fourth-order valence-electron chi connectivity index (χ4n) is 3.40. The molecule has 0 radical (unpaired) electrons. The minimum absolute atomic E-state index is 0.113. The van der Waals surface area contributed by atoms with Gasteiger partial charge in [0.05, 0.1) is 6.10 Å². The van der Waals surface area contributed by atoms with Crippen molar-refractivity contribution in [3.63, 3.8) is 0 Å². The second-order valence-corrected chi connectivity index (χ2v) is 7.24. The second kappa shape index (κ2) is 9.46. The summed E-state index contributed by atoms with van der Waals surface area (Å²) in [4.78, 5) is 0. The first kappa shape index (κ1) is 17.6. The molecule has 0 aromatic rings. The van der Waals surface area contributed by atoms with E-state index in [1.165, 1.54) is 44.9 Å². The minimum Gasteiger partial charge on any atom is -0.393 e. The summed E-state index contributed by atoms with van der Waals surface area (Å²) < 4.78 is 0. The SMILES string of the molecule is CC#CC1CCC(CCC(C)CCCC(C)C)C(O)C1. The molecule has 1 aliphatic rings. The van der Waals surface area contributed by atoms with Crippen LogP contribution >= 0.6 is 0 Å². The average Bonchev–Trinajstić information content (AvgIpc) is 2.37. The molecule has 4 unspecified atom stereocenters. The Kier molecular flexibility index (Phi) is 8.31. The van der Waals surface area contributed by atoms with E-state index < -0.39 is 0 Å². The molecule has 1 aliphatic carbocycles. The van der Waals surface area contributed by atoms with Gasteiger partial charge in [0.25, 0.3) is 0 Å². The maximum atomic E-state index is 10.3. The van der Waals surface area contributed by atoms with Gasteiger partial charge < -0.3 is 5.11 Å².